The molecular formula is C25H54N2O4S4. The number of rotatable bonds is 9. The first kappa shape index (κ1) is 41.9. The molecule has 0 rings (SSSR count). The number of ether oxygens (including phenoxy) is 1. The molecule has 0 aromatic rings. The van der Waals surface area contributed by atoms with Gasteiger partial charge in [-0.1, -0.05) is 41.5 Å². The lowest BCUT2D eigenvalue weighted by Gasteiger charge is -2.24. The molecule has 0 spiro atoms. The zero-order chi connectivity index (χ0) is 28.9. The molecule has 0 radical (unpaired) electrons. The monoisotopic (exact) mass is 574 g/mol. The van der Waals surface area contributed by atoms with Crippen molar-refractivity contribution in [1.82, 2.24) is 9.80 Å². The summed E-state index contributed by atoms with van der Waals surface area (Å²) in [6.07, 6.45) is 0. The van der Waals surface area contributed by atoms with E-state index in [0.717, 1.165) is 17.6 Å². The number of methoxy groups -OCH3 is 1. The van der Waals surface area contributed by atoms with Crippen LogP contribution in [0.4, 0.5) is 0 Å². The summed E-state index contributed by atoms with van der Waals surface area (Å²) in [5.41, 5.74) is 0. The van der Waals surface area contributed by atoms with Crippen LogP contribution < -0.4 is 0 Å². The Balaban J connectivity index is -0.000000186. The zero-order valence-electron chi connectivity index (χ0n) is 24.1. The van der Waals surface area contributed by atoms with E-state index < -0.39 is 0 Å². The summed E-state index contributed by atoms with van der Waals surface area (Å²) < 4.78 is 4.42. The second-order valence-electron chi connectivity index (χ2n) is 9.45. The van der Waals surface area contributed by atoms with Gasteiger partial charge in [0.15, 0.2) is 0 Å². The maximum atomic E-state index is 11.4. The highest BCUT2D eigenvalue weighted by molar-refractivity contribution is 7.80. The first-order chi connectivity index (χ1) is 16.0. The van der Waals surface area contributed by atoms with E-state index in [-0.39, 0.29) is 41.6 Å². The number of hydrogen-bond donors (Lipinski definition) is 4. The van der Waals surface area contributed by atoms with Gasteiger partial charge in [-0.2, -0.15) is 50.5 Å². The molecule has 0 fully saturated rings. The van der Waals surface area contributed by atoms with E-state index in [9.17, 15) is 14.4 Å². The van der Waals surface area contributed by atoms with E-state index in [0.29, 0.717) is 17.3 Å². The van der Waals surface area contributed by atoms with Crippen LogP contribution in [0.3, 0.4) is 0 Å². The summed E-state index contributed by atoms with van der Waals surface area (Å²) in [5, 5.41) is 0. The molecule has 0 saturated heterocycles. The fraction of sp³-hybridized carbons (Fsp3) is 0.880. The van der Waals surface area contributed by atoms with Gasteiger partial charge in [0.25, 0.3) is 0 Å². The summed E-state index contributed by atoms with van der Waals surface area (Å²) in [4.78, 5) is 36.2. The van der Waals surface area contributed by atoms with Gasteiger partial charge in [0.05, 0.1) is 13.0 Å². The Kier molecular flexibility index (Phi) is 30.5. The van der Waals surface area contributed by atoms with Crippen molar-refractivity contribution in [2.75, 3.05) is 51.3 Å². The van der Waals surface area contributed by atoms with Crippen molar-refractivity contribution in [1.29, 1.82) is 0 Å². The quantitative estimate of drug-likeness (QED) is 0.231. The Morgan fingerprint density at radius 1 is 0.657 bits per heavy atom. The minimum absolute atomic E-state index is 0.0331. The van der Waals surface area contributed by atoms with E-state index in [1.54, 1.807) is 30.8 Å². The van der Waals surface area contributed by atoms with Crippen LogP contribution >= 0.6 is 50.5 Å². The van der Waals surface area contributed by atoms with E-state index in [1.807, 2.05) is 34.7 Å². The highest BCUT2D eigenvalue weighted by Gasteiger charge is 2.17. The average molecular weight is 575 g/mol. The van der Waals surface area contributed by atoms with Crippen molar-refractivity contribution in [3.63, 3.8) is 0 Å². The topological polar surface area (TPSA) is 66.9 Å². The molecule has 10 heteroatoms. The van der Waals surface area contributed by atoms with Gasteiger partial charge in [-0.15, -0.1) is 0 Å². The van der Waals surface area contributed by atoms with Gasteiger partial charge in [0.1, 0.15) is 0 Å². The van der Waals surface area contributed by atoms with E-state index in [1.165, 1.54) is 7.11 Å². The minimum atomic E-state index is -0.194. The summed E-state index contributed by atoms with van der Waals surface area (Å²) in [7, 11) is 6.71. The average Bonchev–Trinajstić information content (AvgIpc) is 2.85. The second-order valence-corrected chi connectivity index (χ2v) is 10.9. The third-order valence-electron chi connectivity index (χ3n) is 5.26. The normalized spacial score (nSPS) is 13.4. The maximum absolute atomic E-state index is 11.4. The van der Waals surface area contributed by atoms with Crippen LogP contribution in [0.25, 0.3) is 0 Å². The van der Waals surface area contributed by atoms with Gasteiger partial charge in [-0.25, -0.2) is 0 Å². The van der Waals surface area contributed by atoms with Gasteiger partial charge >= 0.3 is 5.97 Å². The lowest BCUT2D eigenvalue weighted by atomic mass is 10.0. The molecule has 4 atom stereocenters. The van der Waals surface area contributed by atoms with Gasteiger partial charge in [0, 0.05) is 56.3 Å². The highest BCUT2D eigenvalue weighted by atomic mass is 32.1. The van der Waals surface area contributed by atoms with Crippen molar-refractivity contribution in [2.24, 2.45) is 29.6 Å². The molecule has 0 aliphatic rings. The van der Waals surface area contributed by atoms with Gasteiger partial charge in [-0.3, -0.25) is 14.4 Å². The predicted molar refractivity (Wildman–Crippen MR) is 166 cm³/mol. The molecule has 0 aliphatic heterocycles. The number of amides is 2. The molecule has 0 aliphatic carbocycles. The Hall–Kier alpha value is -0.190. The molecule has 4 unspecified atom stereocenters. The standard InChI is InChI=1S/C8H17NOS.C6H13NOS.C6H14S.C5H10O2S/c1-6(2)9(4)8(10)7(3)5-11;1-5(4-9)6(8)7(2)3;1-5(2)6(3)4-7;1-4(3-8)5(6)7-2/h6-7,11H,5H2,1-4H3;5,9H,4H2,1-3H3;5-7H,4H2,1-3H3;4,8H,3H2,1-2H3. The molecule has 0 bridgehead atoms. The number of nitrogens with zero attached hydrogens (tertiary/aromatic N) is 2. The van der Waals surface area contributed by atoms with Crippen LogP contribution in [0.1, 0.15) is 55.4 Å². The number of thiol groups is 4. The van der Waals surface area contributed by atoms with Gasteiger partial charge in [0.2, 0.25) is 11.8 Å². The number of carbonyl (C=O) groups excluding carboxylic acids is 3. The Morgan fingerprint density at radius 2 is 1.03 bits per heavy atom. The molecule has 0 aromatic heterocycles. The van der Waals surface area contributed by atoms with Crippen molar-refractivity contribution in [3.8, 4) is 0 Å². The third kappa shape index (κ3) is 23.9. The van der Waals surface area contributed by atoms with Crippen LogP contribution in [0.2, 0.25) is 0 Å². The van der Waals surface area contributed by atoms with Crippen molar-refractivity contribution in [3.05, 3.63) is 0 Å². The number of esters is 1. The Morgan fingerprint density at radius 3 is 1.17 bits per heavy atom. The van der Waals surface area contributed by atoms with Crippen LogP contribution in [-0.4, -0.2) is 84.9 Å². The lowest BCUT2D eigenvalue weighted by molar-refractivity contribution is -0.144. The fourth-order valence-corrected chi connectivity index (χ4v) is 2.57. The van der Waals surface area contributed by atoms with Crippen molar-refractivity contribution >= 4 is 68.3 Å². The maximum Gasteiger partial charge on any atom is 0.309 e. The zero-order valence-corrected chi connectivity index (χ0v) is 27.7. The van der Waals surface area contributed by atoms with E-state index >= 15 is 0 Å². The van der Waals surface area contributed by atoms with Gasteiger partial charge in [-0.05, 0) is 31.4 Å². The highest BCUT2D eigenvalue weighted by Crippen LogP contribution is 2.09. The Labute approximate surface area is 238 Å². The molecular weight excluding hydrogens is 521 g/mol. The van der Waals surface area contributed by atoms with Crippen molar-refractivity contribution in [2.45, 2.75) is 61.4 Å². The first-order valence-corrected chi connectivity index (χ1v) is 14.5. The SMILES string of the molecule is CC(C)C(C)CS.CC(CS)C(=O)N(C)C.CC(CS)C(=O)N(C)C(C)C.COC(=O)C(C)CS. The van der Waals surface area contributed by atoms with Crippen molar-refractivity contribution < 1.29 is 19.1 Å². The molecule has 0 heterocycles. The number of hydrogen-bond acceptors (Lipinski definition) is 8. The lowest BCUT2D eigenvalue weighted by Crippen LogP contribution is -2.37. The summed E-state index contributed by atoms with van der Waals surface area (Å²) in [6.45, 7) is 16.2. The van der Waals surface area contributed by atoms with Crippen LogP contribution in [-0.2, 0) is 19.1 Å². The fourth-order valence-electron chi connectivity index (χ4n) is 1.69. The molecule has 2 amide bonds. The first-order valence-electron chi connectivity index (χ1n) is 12.0. The van der Waals surface area contributed by atoms with Crippen LogP contribution in [0, 0.1) is 29.6 Å². The minimum Gasteiger partial charge on any atom is -0.469 e. The molecule has 0 N–H and O–H groups in total. The predicted octanol–water partition coefficient (Wildman–Crippen LogP) is 4.99. The van der Waals surface area contributed by atoms with Crippen LogP contribution in [0.5, 0.6) is 0 Å². The summed E-state index contributed by atoms with van der Waals surface area (Å²) in [6, 6.07) is 0.282. The molecule has 0 saturated carbocycles. The smallest absolute Gasteiger partial charge is 0.309 e. The van der Waals surface area contributed by atoms with E-state index in [4.69, 9.17) is 0 Å². The Bertz CT molecular complexity index is 550. The number of carbonyl (C=O) groups is 3. The largest absolute Gasteiger partial charge is 0.469 e. The second kappa shape index (κ2) is 25.5. The third-order valence-corrected chi connectivity index (χ3v) is 7.48. The van der Waals surface area contributed by atoms with E-state index in [2.05, 4.69) is 76.0 Å². The summed E-state index contributed by atoms with van der Waals surface area (Å²) in [5.74, 6) is 4.48. The van der Waals surface area contributed by atoms with Gasteiger partial charge < -0.3 is 14.5 Å². The van der Waals surface area contributed by atoms with Crippen LogP contribution in [0.15, 0.2) is 0 Å². The molecule has 0 aromatic carbocycles. The molecule has 212 valence electrons. The molecule has 6 nitrogen and oxygen atoms in total. The molecule has 35 heavy (non-hydrogen) atoms. The summed E-state index contributed by atoms with van der Waals surface area (Å²) >= 11 is 16.1.